The van der Waals surface area contributed by atoms with Crippen LogP contribution in [0.3, 0.4) is 0 Å². The number of halogens is 1. The van der Waals surface area contributed by atoms with Crippen LogP contribution >= 0.6 is 11.6 Å². The zero-order chi connectivity index (χ0) is 22.2. The average Bonchev–Trinajstić information content (AvgIpc) is 3.13. The summed E-state index contributed by atoms with van der Waals surface area (Å²) < 4.78 is 26.0. The molecule has 1 atom stereocenters. The first kappa shape index (κ1) is 21.8. The minimum absolute atomic E-state index is 0.0269. The van der Waals surface area contributed by atoms with Gasteiger partial charge in [-0.1, -0.05) is 35.9 Å². The highest BCUT2D eigenvalue weighted by molar-refractivity contribution is 7.93. The summed E-state index contributed by atoms with van der Waals surface area (Å²) in [6.07, 6.45) is 3.04. The lowest BCUT2D eigenvalue weighted by Crippen LogP contribution is -2.54. The lowest BCUT2D eigenvalue weighted by molar-refractivity contribution is -0.132. The van der Waals surface area contributed by atoms with Crippen LogP contribution in [0.1, 0.15) is 48.0 Å². The van der Waals surface area contributed by atoms with E-state index in [1.165, 1.54) is 9.21 Å². The Bertz CT molecular complexity index is 1130. The van der Waals surface area contributed by atoms with Crippen molar-refractivity contribution in [2.75, 3.05) is 23.7 Å². The van der Waals surface area contributed by atoms with Crippen molar-refractivity contribution in [2.24, 2.45) is 0 Å². The third-order valence-corrected chi connectivity index (χ3v) is 8.53. The van der Waals surface area contributed by atoms with Crippen LogP contribution < -0.4 is 4.31 Å². The van der Waals surface area contributed by atoms with E-state index < -0.39 is 15.6 Å². The summed E-state index contributed by atoms with van der Waals surface area (Å²) in [5.41, 5.74) is 0.310. The van der Waals surface area contributed by atoms with E-state index in [1.807, 2.05) is 12.1 Å². The molecule has 4 rings (SSSR count). The Morgan fingerprint density at radius 2 is 1.87 bits per heavy atom. The number of rotatable bonds is 4. The number of carbonyl (C=O) groups excluding carboxylic acids is 2. The predicted octanol–water partition coefficient (Wildman–Crippen LogP) is 3.99. The van der Waals surface area contributed by atoms with Gasteiger partial charge in [0, 0.05) is 36.2 Å². The quantitative estimate of drug-likeness (QED) is 0.691. The molecule has 1 amide bonds. The Hall–Kier alpha value is -2.38. The Kier molecular flexibility index (Phi) is 5.83. The summed E-state index contributed by atoms with van der Waals surface area (Å²) >= 11 is 6.49. The smallest absolute Gasteiger partial charge is 0.254 e. The second-order valence-electron chi connectivity index (χ2n) is 8.13. The first-order chi connectivity index (χ1) is 14.8. The number of Topliss-reactive ketones (excluding diaryl/α,β-unsaturated/α-hetero) is 1. The van der Waals surface area contributed by atoms with Gasteiger partial charge < -0.3 is 4.90 Å². The molecule has 2 aromatic carbocycles. The average molecular weight is 461 g/mol. The molecule has 164 valence electrons. The third kappa shape index (κ3) is 3.74. The second kappa shape index (κ2) is 8.28. The van der Waals surface area contributed by atoms with Crippen LogP contribution in [-0.2, 0) is 20.4 Å². The molecule has 6 nitrogen and oxygen atoms in total. The lowest BCUT2D eigenvalue weighted by Gasteiger charge is -2.44. The second-order valence-corrected chi connectivity index (χ2v) is 10.5. The first-order valence-corrected chi connectivity index (χ1v) is 12.4. The van der Waals surface area contributed by atoms with E-state index in [0.29, 0.717) is 47.6 Å². The van der Waals surface area contributed by atoms with Crippen molar-refractivity contribution in [1.29, 1.82) is 0 Å². The van der Waals surface area contributed by atoms with Crippen LogP contribution in [-0.4, -0.2) is 44.4 Å². The van der Waals surface area contributed by atoms with Gasteiger partial charge in [0.1, 0.15) is 5.54 Å². The molecule has 1 unspecified atom stereocenters. The highest BCUT2D eigenvalue weighted by Gasteiger charge is 2.48. The number of carbonyl (C=O) groups is 2. The molecule has 0 bridgehead atoms. The van der Waals surface area contributed by atoms with Gasteiger partial charge in [0.25, 0.3) is 5.91 Å². The van der Waals surface area contributed by atoms with E-state index >= 15 is 0 Å². The minimum Gasteiger partial charge on any atom is -0.325 e. The molecular weight excluding hydrogens is 436 g/mol. The highest BCUT2D eigenvalue weighted by Crippen LogP contribution is 2.43. The van der Waals surface area contributed by atoms with Crippen molar-refractivity contribution >= 4 is 39.0 Å². The minimum atomic E-state index is -3.36. The van der Waals surface area contributed by atoms with E-state index in [0.717, 1.165) is 12.8 Å². The van der Waals surface area contributed by atoms with Gasteiger partial charge in [-0.05, 0) is 49.9 Å². The number of benzene rings is 2. The molecule has 2 aliphatic rings. The fourth-order valence-electron chi connectivity index (χ4n) is 4.72. The van der Waals surface area contributed by atoms with Gasteiger partial charge in [-0.15, -0.1) is 0 Å². The highest BCUT2D eigenvalue weighted by atomic mass is 35.5. The van der Waals surface area contributed by atoms with Crippen LogP contribution in [0.5, 0.6) is 0 Å². The number of likely N-dealkylation sites (N-methyl/N-ethyl adjacent to an activating group) is 1. The molecule has 31 heavy (non-hydrogen) atoms. The normalized spacial score (nSPS) is 23.0. The lowest BCUT2D eigenvalue weighted by atomic mass is 9.74. The zero-order valence-electron chi connectivity index (χ0n) is 17.4. The van der Waals surface area contributed by atoms with Crippen molar-refractivity contribution < 1.29 is 18.0 Å². The van der Waals surface area contributed by atoms with Crippen molar-refractivity contribution in [3.8, 4) is 0 Å². The summed E-state index contributed by atoms with van der Waals surface area (Å²) in [7, 11) is -1.72. The van der Waals surface area contributed by atoms with Gasteiger partial charge in [-0.25, -0.2) is 8.42 Å². The maximum Gasteiger partial charge on any atom is 0.254 e. The van der Waals surface area contributed by atoms with Gasteiger partial charge in [0.05, 0.1) is 11.4 Å². The molecule has 1 aliphatic carbocycles. The molecule has 8 heteroatoms. The molecule has 1 aliphatic heterocycles. The van der Waals surface area contributed by atoms with Crippen LogP contribution in [0.15, 0.2) is 48.5 Å². The number of anilines is 1. The van der Waals surface area contributed by atoms with Crippen LogP contribution in [0.2, 0.25) is 5.02 Å². The largest absolute Gasteiger partial charge is 0.325 e. The molecule has 1 heterocycles. The van der Waals surface area contributed by atoms with Crippen LogP contribution in [0.25, 0.3) is 0 Å². The molecule has 1 saturated heterocycles. The first-order valence-electron chi connectivity index (χ1n) is 10.4. The van der Waals surface area contributed by atoms with Gasteiger partial charge >= 0.3 is 0 Å². The Morgan fingerprint density at radius 3 is 2.55 bits per heavy atom. The van der Waals surface area contributed by atoms with E-state index in [1.54, 1.807) is 43.4 Å². The van der Waals surface area contributed by atoms with Crippen molar-refractivity contribution in [3.05, 3.63) is 64.7 Å². The van der Waals surface area contributed by atoms with Crippen molar-refractivity contribution in [3.63, 3.8) is 0 Å². The van der Waals surface area contributed by atoms with E-state index in [2.05, 4.69) is 0 Å². The predicted molar refractivity (Wildman–Crippen MR) is 121 cm³/mol. The molecule has 2 aromatic rings. The van der Waals surface area contributed by atoms with E-state index in [9.17, 15) is 18.0 Å². The number of hydrogen-bond acceptors (Lipinski definition) is 4. The molecule has 0 N–H and O–H groups in total. The standard InChI is InChI=1S/C23H25ClN2O4S/c1-25(23(13-5-4-12-21(23)27)19-10-2-3-11-20(19)24)22(28)17-8-6-9-18(16-17)26-14-7-15-31(26,29)30/h2-3,6,8-11,16H,4-5,7,12-15H2,1H3. The number of hydrogen-bond donors (Lipinski definition) is 0. The number of ketones is 1. The Labute approximate surface area is 187 Å². The van der Waals surface area contributed by atoms with E-state index in [-0.39, 0.29) is 17.4 Å². The van der Waals surface area contributed by atoms with Gasteiger partial charge in [0.2, 0.25) is 10.0 Å². The van der Waals surface area contributed by atoms with Gasteiger partial charge in [0.15, 0.2) is 5.78 Å². The zero-order valence-corrected chi connectivity index (χ0v) is 19.0. The summed E-state index contributed by atoms with van der Waals surface area (Å²) in [5.74, 6) is -0.260. The van der Waals surface area contributed by atoms with Crippen molar-refractivity contribution in [1.82, 2.24) is 4.90 Å². The van der Waals surface area contributed by atoms with Crippen LogP contribution in [0.4, 0.5) is 5.69 Å². The fourth-order valence-corrected chi connectivity index (χ4v) is 6.57. The molecule has 0 radical (unpaired) electrons. The summed E-state index contributed by atoms with van der Waals surface area (Å²) in [6, 6.07) is 13.8. The molecule has 1 saturated carbocycles. The topological polar surface area (TPSA) is 74.8 Å². The van der Waals surface area contributed by atoms with Crippen LogP contribution in [0, 0.1) is 0 Å². The fraction of sp³-hybridized carbons (Fsp3) is 0.391. The maximum atomic E-state index is 13.6. The molecule has 0 spiro atoms. The monoisotopic (exact) mass is 460 g/mol. The summed E-state index contributed by atoms with van der Waals surface area (Å²) in [4.78, 5) is 28.3. The van der Waals surface area contributed by atoms with E-state index in [4.69, 9.17) is 11.6 Å². The molecule has 2 fully saturated rings. The SMILES string of the molecule is CN(C(=O)c1cccc(N2CCCS2(=O)=O)c1)C1(c2ccccc2Cl)CCCCC1=O. The third-order valence-electron chi connectivity index (χ3n) is 6.33. The maximum absolute atomic E-state index is 13.6. The number of sulfonamides is 1. The summed E-state index contributed by atoms with van der Waals surface area (Å²) in [5, 5.41) is 0.453. The Morgan fingerprint density at radius 1 is 1.10 bits per heavy atom. The summed E-state index contributed by atoms with van der Waals surface area (Å²) in [6.45, 7) is 0.401. The van der Waals surface area contributed by atoms with Crippen molar-refractivity contribution in [2.45, 2.75) is 37.6 Å². The van der Waals surface area contributed by atoms with Gasteiger partial charge in [-0.3, -0.25) is 13.9 Å². The number of nitrogens with zero attached hydrogens (tertiary/aromatic N) is 2. The Balaban J connectivity index is 1.74. The molecule has 0 aromatic heterocycles. The number of amides is 1. The molecular formula is C23H25ClN2O4S. The van der Waals surface area contributed by atoms with Gasteiger partial charge in [-0.2, -0.15) is 0 Å².